The molecule has 2 aliphatic heterocycles. The van der Waals surface area contributed by atoms with Crippen molar-refractivity contribution >= 4 is 17.5 Å². The molecule has 0 atom stereocenters. The van der Waals surface area contributed by atoms with Crippen LogP contribution in [0.2, 0.25) is 5.02 Å². The van der Waals surface area contributed by atoms with E-state index < -0.39 is 0 Å². The number of benzene rings is 1. The first kappa shape index (κ1) is 16.5. The van der Waals surface area contributed by atoms with E-state index in [0.29, 0.717) is 16.5 Å². The molecule has 0 N–H and O–H groups in total. The van der Waals surface area contributed by atoms with Gasteiger partial charge in [-0.2, -0.15) is 0 Å². The zero-order valence-electron chi connectivity index (χ0n) is 13.9. The first-order valence-corrected chi connectivity index (χ1v) is 8.99. The molecule has 25 heavy (non-hydrogen) atoms. The normalized spacial score (nSPS) is 19.3. The molecule has 1 aromatic heterocycles. The van der Waals surface area contributed by atoms with Gasteiger partial charge in [0.25, 0.3) is 5.91 Å². The number of aromatic nitrogens is 2. The summed E-state index contributed by atoms with van der Waals surface area (Å²) >= 11 is 5.93. The minimum atomic E-state index is -0.0130. The summed E-state index contributed by atoms with van der Waals surface area (Å²) in [5, 5.41) is 0.662. The fourth-order valence-electron chi connectivity index (χ4n) is 3.70. The van der Waals surface area contributed by atoms with Gasteiger partial charge >= 0.3 is 0 Å². The first-order valence-electron chi connectivity index (χ1n) is 8.61. The molecule has 1 amide bonds. The van der Waals surface area contributed by atoms with Crippen molar-refractivity contribution in [2.75, 3.05) is 26.3 Å². The SMILES string of the molecule is O=C(c1ccnc(-c2ccc(Cl)cc2)n1)N1CCC2(CCOCC2)C1. The summed E-state index contributed by atoms with van der Waals surface area (Å²) in [6.45, 7) is 3.20. The summed E-state index contributed by atoms with van der Waals surface area (Å²) in [4.78, 5) is 23.6. The van der Waals surface area contributed by atoms with Gasteiger partial charge in [0, 0.05) is 43.1 Å². The lowest BCUT2D eigenvalue weighted by Gasteiger charge is -2.33. The van der Waals surface area contributed by atoms with Gasteiger partial charge in [0.1, 0.15) is 5.69 Å². The van der Waals surface area contributed by atoms with Gasteiger partial charge in [-0.3, -0.25) is 4.79 Å². The molecule has 5 nitrogen and oxygen atoms in total. The zero-order valence-corrected chi connectivity index (χ0v) is 14.7. The molecule has 2 saturated heterocycles. The molecule has 2 aliphatic rings. The lowest BCUT2D eigenvalue weighted by atomic mass is 9.80. The summed E-state index contributed by atoms with van der Waals surface area (Å²) in [6.07, 6.45) is 4.77. The Bertz CT molecular complexity index is 772. The quantitative estimate of drug-likeness (QED) is 0.826. The molecule has 6 heteroatoms. The Morgan fingerprint density at radius 1 is 1.12 bits per heavy atom. The van der Waals surface area contributed by atoms with E-state index in [0.717, 1.165) is 51.1 Å². The van der Waals surface area contributed by atoms with Crippen LogP contribution in [-0.2, 0) is 4.74 Å². The second kappa shape index (κ2) is 6.73. The Kier molecular flexibility index (Phi) is 4.44. The van der Waals surface area contributed by atoms with E-state index in [9.17, 15) is 4.79 Å². The third kappa shape index (κ3) is 3.39. The van der Waals surface area contributed by atoms with Crippen molar-refractivity contribution in [3.05, 3.63) is 47.2 Å². The summed E-state index contributed by atoms with van der Waals surface area (Å²) in [5.41, 5.74) is 1.53. The van der Waals surface area contributed by atoms with Crippen LogP contribution in [0.5, 0.6) is 0 Å². The number of carbonyl (C=O) groups excluding carboxylic acids is 1. The Hall–Kier alpha value is -1.98. The minimum Gasteiger partial charge on any atom is -0.381 e. The number of hydrogen-bond acceptors (Lipinski definition) is 4. The molecule has 0 saturated carbocycles. The van der Waals surface area contributed by atoms with E-state index in [1.165, 1.54) is 0 Å². The van der Waals surface area contributed by atoms with E-state index in [4.69, 9.17) is 16.3 Å². The van der Waals surface area contributed by atoms with E-state index in [1.807, 2.05) is 17.0 Å². The molecule has 0 radical (unpaired) electrons. The molecule has 4 rings (SSSR count). The Morgan fingerprint density at radius 2 is 1.88 bits per heavy atom. The smallest absolute Gasteiger partial charge is 0.272 e. The second-order valence-corrected chi connectivity index (χ2v) is 7.30. The molecule has 130 valence electrons. The van der Waals surface area contributed by atoms with Crippen LogP contribution >= 0.6 is 11.6 Å². The van der Waals surface area contributed by atoms with Gasteiger partial charge in [0.2, 0.25) is 0 Å². The van der Waals surface area contributed by atoms with Gasteiger partial charge < -0.3 is 9.64 Å². The molecular weight excluding hydrogens is 338 g/mol. The number of carbonyl (C=O) groups is 1. The highest BCUT2D eigenvalue weighted by molar-refractivity contribution is 6.30. The summed E-state index contributed by atoms with van der Waals surface area (Å²) in [6, 6.07) is 9.00. The number of rotatable bonds is 2. The van der Waals surface area contributed by atoms with Crippen molar-refractivity contribution in [3.63, 3.8) is 0 Å². The fraction of sp³-hybridized carbons (Fsp3) is 0.421. The van der Waals surface area contributed by atoms with Crippen LogP contribution in [0.4, 0.5) is 0 Å². The van der Waals surface area contributed by atoms with Gasteiger partial charge in [-0.1, -0.05) is 11.6 Å². The second-order valence-electron chi connectivity index (χ2n) is 6.86. The van der Waals surface area contributed by atoms with Crippen LogP contribution in [0.1, 0.15) is 29.8 Å². The molecule has 2 aromatic rings. The van der Waals surface area contributed by atoms with Crippen molar-refractivity contribution < 1.29 is 9.53 Å². The van der Waals surface area contributed by atoms with Crippen molar-refractivity contribution in [2.45, 2.75) is 19.3 Å². The standard InChI is InChI=1S/C19H20ClN3O2/c20-15-3-1-14(2-4-15)17-21-9-5-16(22-17)18(24)23-10-6-19(13-23)7-11-25-12-8-19/h1-5,9H,6-8,10-13H2. The topological polar surface area (TPSA) is 55.3 Å². The zero-order chi connectivity index (χ0) is 17.3. The van der Waals surface area contributed by atoms with Crippen LogP contribution in [0.25, 0.3) is 11.4 Å². The number of hydrogen-bond donors (Lipinski definition) is 0. The molecule has 0 bridgehead atoms. The largest absolute Gasteiger partial charge is 0.381 e. The monoisotopic (exact) mass is 357 g/mol. The van der Waals surface area contributed by atoms with Crippen LogP contribution in [0.15, 0.2) is 36.5 Å². The average Bonchev–Trinajstić information content (AvgIpc) is 3.06. The lowest BCUT2D eigenvalue weighted by molar-refractivity contribution is 0.0190. The molecule has 2 fully saturated rings. The lowest BCUT2D eigenvalue weighted by Crippen LogP contribution is -2.35. The molecule has 1 aromatic carbocycles. The first-order chi connectivity index (χ1) is 12.2. The number of likely N-dealkylation sites (tertiary alicyclic amines) is 1. The average molecular weight is 358 g/mol. The maximum Gasteiger partial charge on any atom is 0.272 e. The minimum absolute atomic E-state index is 0.0130. The highest BCUT2D eigenvalue weighted by Crippen LogP contribution is 2.40. The van der Waals surface area contributed by atoms with Crippen molar-refractivity contribution in [1.29, 1.82) is 0 Å². The maximum atomic E-state index is 12.9. The highest BCUT2D eigenvalue weighted by atomic mass is 35.5. The van der Waals surface area contributed by atoms with Crippen LogP contribution in [-0.4, -0.2) is 47.1 Å². The van der Waals surface area contributed by atoms with Crippen molar-refractivity contribution in [3.8, 4) is 11.4 Å². The third-order valence-electron chi connectivity index (χ3n) is 5.26. The highest BCUT2D eigenvalue weighted by Gasteiger charge is 2.41. The Morgan fingerprint density at radius 3 is 2.64 bits per heavy atom. The van der Waals surface area contributed by atoms with E-state index in [2.05, 4.69) is 9.97 Å². The van der Waals surface area contributed by atoms with Crippen LogP contribution in [0, 0.1) is 5.41 Å². The number of amides is 1. The summed E-state index contributed by atoms with van der Waals surface area (Å²) < 4.78 is 5.48. The summed E-state index contributed by atoms with van der Waals surface area (Å²) in [5.74, 6) is 0.531. The number of halogens is 1. The Labute approximate surface area is 152 Å². The van der Waals surface area contributed by atoms with Crippen LogP contribution in [0.3, 0.4) is 0 Å². The molecule has 0 unspecified atom stereocenters. The van der Waals surface area contributed by atoms with E-state index in [-0.39, 0.29) is 11.3 Å². The number of nitrogens with zero attached hydrogens (tertiary/aromatic N) is 3. The molecular formula is C19H20ClN3O2. The van der Waals surface area contributed by atoms with E-state index >= 15 is 0 Å². The van der Waals surface area contributed by atoms with Gasteiger partial charge in [0.05, 0.1) is 0 Å². The predicted molar refractivity (Wildman–Crippen MR) is 95.5 cm³/mol. The molecule has 1 spiro atoms. The van der Waals surface area contributed by atoms with Crippen molar-refractivity contribution in [2.24, 2.45) is 5.41 Å². The van der Waals surface area contributed by atoms with Gasteiger partial charge in [-0.15, -0.1) is 0 Å². The third-order valence-corrected chi connectivity index (χ3v) is 5.51. The van der Waals surface area contributed by atoms with Gasteiger partial charge in [-0.05, 0) is 55.0 Å². The molecule has 3 heterocycles. The van der Waals surface area contributed by atoms with E-state index in [1.54, 1.807) is 24.4 Å². The van der Waals surface area contributed by atoms with Gasteiger partial charge in [-0.25, -0.2) is 9.97 Å². The maximum absolute atomic E-state index is 12.9. The molecule has 0 aliphatic carbocycles. The van der Waals surface area contributed by atoms with Gasteiger partial charge in [0.15, 0.2) is 5.82 Å². The summed E-state index contributed by atoms with van der Waals surface area (Å²) in [7, 11) is 0. The Balaban J connectivity index is 1.53. The fourth-order valence-corrected chi connectivity index (χ4v) is 3.82. The number of ether oxygens (including phenoxy) is 1. The van der Waals surface area contributed by atoms with Crippen LogP contribution < -0.4 is 0 Å². The van der Waals surface area contributed by atoms with Crippen molar-refractivity contribution in [1.82, 2.24) is 14.9 Å². The predicted octanol–water partition coefficient (Wildman–Crippen LogP) is 3.44.